The Kier molecular flexibility index (Phi) is 8.98. The largest absolute Gasteiger partial charge is 0.378 e. The van der Waals surface area contributed by atoms with E-state index in [9.17, 15) is 0 Å². The lowest BCUT2D eigenvalue weighted by Gasteiger charge is -2.27. The van der Waals surface area contributed by atoms with E-state index in [4.69, 9.17) is 26.8 Å². The van der Waals surface area contributed by atoms with Crippen LogP contribution in [0.15, 0.2) is 29.3 Å². The fraction of sp³-hybridized carbons (Fsp3) is 0.500. The molecule has 0 saturated carbocycles. The minimum absolute atomic E-state index is 0. The molecule has 0 spiro atoms. The molecule has 1 aromatic carbocycles. The summed E-state index contributed by atoms with van der Waals surface area (Å²) < 4.78 is 10.8. The Labute approximate surface area is 147 Å². The Bertz CT molecular complexity index is 436. The highest BCUT2D eigenvalue weighted by molar-refractivity contribution is 14.0. The average molecular weight is 426 g/mol. The minimum atomic E-state index is 0. The number of guanidine groups is 1. The molecule has 0 aliphatic carbocycles. The van der Waals surface area contributed by atoms with Crippen molar-refractivity contribution in [1.29, 1.82) is 0 Å². The van der Waals surface area contributed by atoms with E-state index in [-0.39, 0.29) is 24.0 Å². The van der Waals surface area contributed by atoms with Gasteiger partial charge in [-0.3, -0.25) is 4.99 Å². The third-order valence-corrected chi connectivity index (χ3v) is 3.28. The number of rotatable bonds is 5. The number of hydrogen-bond acceptors (Lipinski definition) is 3. The number of halogens is 2. The second-order valence-electron chi connectivity index (χ2n) is 4.52. The van der Waals surface area contributed by atoms with E-state index in [0.717, 1.165) is 23.7 Å². The van der Waals surface area contributed by atoms with Gasteiger partial charge in [-0.25, -0.2) is 0 Å². The van der Waals surface area contributed by atoms with E-state index in [1.165, 1.54) is 0 Å². The number of morpholine rings is 1. The minimum Gasteiger partial charge on any atom is -0.378 e. The van der Waals surface area contributed by atoms with Crippen molar-refractivity contribution in [2.75, 3.05) is 39.5 Å². The van der Waals surface area contributed by atoms with E-state index in [1.54, 1.807) is 0 Å². The zero-order valence-corrected chi connectivity index (χ0v) is 14.9. The molecule has 5 nitrogen and oxygen atoms in total. The highest BCUT2D eigenvalue weighted by atomic mass is 127. The Morgan fingerprint density at radius 3 is 2.62 bits per heavy atom. The lowest BCUT2D eigenvalue weighted by atomic mass is 10.2. The summed E-state index contributed by atoms with van der Waals surface area (Å²) in [5.74, 6) is 0.573. The molecular formula is C14H21ClIN3O2. The van der Waals surface area contributed by atoms with Gasteiger partial charge in [0.2, 0.25) is 0 Å². The van der Waals surface area contributed by atoms with E-state index < -0.39 is 0 Å². The molecule has 21 heavy (non-hydrogen) atoms. The summed E-state index contributed by atoms with van der Waals surface area (Å²) >= 11 is 5.82. The first-order chi connectivity index (χ1) is 9.75. The summed E-state index contributed by atoms with van der Waals surface area (Å²) in [6.07, 6.45) is 0. The molecule has 2 rings (SSSR count). The van der Waals surface area contributed by atoms with Crippen molar-refractivity contribution in [3.05, 3.63) is 34.9 Å². The molecule has 1 saturated heterocycles. The van der Waals surface area contributed by atoms with Crippen molar-refractivity contribution >= 4 is 41.5 Å². The van der Waals surface area contributed by atoms with Gasteiger partial charge in [-0.15, -0.1) is 24.0 Å². The first-order valence-electron chi connectivity index (χ1n) is 6.70. The standard InChI is InChI=1S/C14H20ClN3O2.HI/c15-13-3-1-12(2-4-13)11-20-8-5-17-14(16)18-6-9-19-10-7-18;/h1-4H,5-11H2,(H2,16,17);1H. The number of nitrogens with zero attached hydrogens (tertiary/aromatic N) is 2. The molecule has 0 atom stereocenters. The van der Waals surface area contributed by atoms with Crippen molar-refractivity contribution in [3.8, 4) is 0 Å². The zero-order valence-electron chi connectivity index (χ0n) is 11.8. The van der Waals surface area contributed by atoms with Crippen LogP contribution in [0.1, 0.15) is 5.56 Å². The zero-order chi connectivity index (χ0) is 14.2. The van der Waals surface area contributed by atoms with E-state index in [1.807, 2.05) is 29.2 Å². The van der Waals surface area contributed by atoms with Crippen LogP contribution in [0.3, 0.4) is 0 Å². The molecule has 0 unspecified atom stereocenters. The smallest absolute Gasteiger partial charge is 0.191 e. The van der Waals surface area contributed by atoms with Crippen LogP contribution in [0.5, 0.6) is 0 Å². The Balaban J connectivity index is 0.00000220. The van der Waals surface area contributed by atoms with E-state index in [0.29, 0.717) is 38.9 Å². The van der Waals surface area contributed by atoms with E-state index >= 15 is 0 Å². The fourth-order valence-corrected chi connectivity index (χ4v) is 2.01. The maximum absolute atomic E-state index is 5.91. The van der Waals surface area contributed by atoms with Gasteiger partial charge in [0, 0.05) is 18.1 Å². The molecule has 1 heterocycles. The van der Waals surface area contributed by atoms with Gasteiger partial charge in [0.15, 0.2) is 5.96 Å². The number of ether oxygens (including phenoxy) is 2. The monoisotopic (exact) mass is 425 g/mol. The molecule has 1 aromatic rings. The molecule has 0 bridgehead atoms. The number of benzene rings is 1. The molecule has 1 aliphatic rings. The topological polar surface area (TPSA) is 60.1 Å². The van der Waals surface area contributed by atoms with Gasteiger partial charge < -0.3 is 20.1 Å². The average Bonchev–Trinajstić information content (AvgIpc) is 2.49. The molecule has 7 heteroatoms. The lowest BCUT2D eigenvalue weighted by Crippen LogP contribution is -2.44. The van der Waals surface area contributed by atoms with Crippen LogP contribution in [0.25, 0.3) is 0 Å². The normalized spacial score (nSPS) is 15.7. The highest BCUT2D eigenvalue weighted by Crippen LogP contribution is 2.10. The molecule has 0 aromatic heterocycles. The van der Waals surface area contributed by atoms with Crippen LogP contribution < -0.4 is 5.73 Å². The van der Waals surface area contributed by atoms with Gasteiger partial charge in [0.05, 0.1) is 33.0 Å². The third kappa shape index (κ3) is 6.82. The molecule has 0 amide bonds. The van der Waals surface area contributed by atoms with Crippen molar-refractivity contribution < 1.29 is 9.47 Å². The van der Waals surface area contributed by atoms with Gasteiger partial charge in [-0.1, -0.05) is 23.7 Å². The quantitative estimate of drug-likeness (QED) is 0.340. The summed E-state index contributed by atoms with van der Waals surface area (Å²) in [6.45, 7) is 4.71. The van der Waals surface area contributed by atoms with Crippen molar-refractivity contribution in [3.63, 3.8) is 0 Å². The summed E-state index contributed by atoms with van der Waals surface area (Å²) in [7, 11) is 0. The number of aliphatic imine (C=N–C) groups is 1. The SMILES string of the molecule is I.NC(=NCCOCc1ccc(Cl)cc1)N1CCOCC1. The number of nitrogens with two attached hydrogens (primary N) is 1. The Morgan fingerprint density at radius 1 is 1.29 bits per heavy atom. The van der Waals surface area contributed by atoms with Crippen LogP contribution in [0.2, 0.25) is 5.02 Å². The van der Waals surface area contributed by atoms with Crippen molar-refractivity contribution in [2.24, 2.45) is 10.7 Å². The maximum atomic E-state index is 5.91. The van der Waals surface area contributed by atoms with Crippen LogP contribution in [-0.2, 0) is 16.1 Å². The molecule has 118 valence electrons. The first kappa shape index (κ1) is 18.5. The summed E-state index contributed by atoms with van der Waals surface area (Å²) in [6, 6.07) is 7.62. The van der Waals surface area contributed by atoms with Gasteiger partial charge in [-0.2, -0.15) is 0 Å². The van der Waals surface area contributed by atoms with Gasteiger partial charge in [0.1, 0.15) is 0 Å². The third-order valence-electron chi connectivity index (χ3n) is 3.03. The maximum Gasteiger partial charge on any atom is 0.191 e. The van der Waals surface area contributed by atoms with Crippen molar-refractivity contribution in [1.82, 2.24) is 4.90 Å². The number of hydrogen-bond donors (Lipinski definition) is 1. The van der Waals surface area contributed by atoms with E-state index in [2.05, 4.69) is 4.99 Å². The van der Waals surface area contributed by atoms with Crippen LogP contribution in [0, 0.1) is 0 Å². The molecule has 1 aliphatic heterocycles. The summed E-state index contributed by atoms with van der Waals surface area (Å²) in [5.41, 5.74) is 7.01. The predicted octanol–water partition coefficient (Wildman–Crippen LogP) is 2.12. The molecule has 1 fully saturated rings. The lowest BCUT2D eigenvalue weighted by molar-refractivity contribution is 0.0672. The highest BCUT2D eigenvalue weighted by Gasteiger charge is 2.11. The molecule has 0 radical (unpaired) electrons. The summed E-state index contributed by atoms with van der Waals surface area (Å²) in [5, 5.41) is 0.733. The van der Waals surface area contributed by atoms with Gasteiger partial charge in [-0.05, 0) is 17.7 Å². The Hall–Kier alpha value is -0.570. The van der Waals surface area contributed by atoms with Crippen LogP contribution >= 0.6 is 35.6 Å². The van der Waals surface area contributed by atoms with Gasteiger partial charge in [0.25, 0.3) is 0 Å². The second-order valence-corrected chi connectivity index (χ2v) is 4.95. The predicted molar refractivity (Wildman–Crippen MR) is 95.4 cm³/mol. The summed E-state index contributed by atoms with van der Waals surface area (Å²) in [4.78, 5) is 6.34. The molecule has 2 N–H and O–H groups in total. The van der Waals surface area contributed by atoms with Crippen LogP contribution in [-0.4, -0.2) is 50.3 Å². The first-order valence-corrected chi connectivity index (χ1v) is 7.08. The molecular weight excluding hydrogens is 405 g/mol. The fourth-order valence-electron chi connectivity index (χ4n) is 1.89. The Morgan fingerprint density at radius 2 is 1.95 bits per heavy atom. The van der Waals surface area contributed by atoms with Gasteiger partial charge >= 0.3 is 0 Å². The van der Waals surface area contributed by atoms with Crippen LogP contribution in [0.4, 0.5) is 0 Å². The van der Waals surface area contributed by atoms with Crippen molar-refractivity contribution in [2.45, 2.75) is 6.61 Å². The second kappa shape index (κ2) is 10.2.